The Hall–Kier alpha value is -2.59. The van der Waals surface area contributed by atoms with Gasteiger partial charge in [-0.2, -0.15) is 4.98 Å². The molecule has 27 heavy (non-hydrogen) atoms. The van der Waals surface area contributed by atoms with Crippen molar-refractivity contribution in [2.75, 3.05) is 19.0 Å². The molecule has 2 heterocycles. The lowest BCUT2D eigenvalue weighted by Crippen LogP contribution is -2.37. The highest BCUT2D eigenvalue weighted by molar-refractivity contribution is 6.03. The van der Waals surface area contributed by atoms with E-state index in [2.05, 4.69) is 10.3 Å². The normalized spacial score (nSPS) is 24.7. The quantitative estimate of drug-likeness (QED) is 0.676. The van der Waals surface area contributed by atoms with Gasteiger partial charge in [-0.15, -0.1) is 0 Å². The first-order chi connectivity index (χ1) is 13.0. The molecule has 0 bridgehead atoms. The second kappa shape index (κ2) is 7.97. The molecule has 4 atom stereocenters. The predicted octanol–water partition coefficient (Wildman–Crippen LogP) is 0.0696. The van der Waals surface area contributed by atoms with Crippen molar-refractivity contribution >= 4 is 11.7 Å². The first kappa shape index (κ1) is 19.2. The maximum Gasteiger partial charge on any atom is 0.351 e. The van der Waals surface area contributed by atoms with Gasteiger partial charge < -0.3 is 25.0 Å². The number of amides is 1. The van der Waals surface area contributed by atoms with Gasteiger partial charge in [0.1, 0.15) is 24.1 Å². The highest BCUT2D eigenvalue weighted by Crippen LogP contribution is 2.30. The van der Waals surface area contributed by atoms with Crippen LogP contribution in [-0.2, 0) is 9.47 Å². The van der Waals surface area contributed by atoms with E-state index in [0.29, 0.717) is 11.1 Å². The van der Waals surface area contributed by atoms with Crippen LogP contribution in [0.2, 0.25) is 0 Å². The van der Waals surface area contributed by atoms with E-state index in [1.54, 1.807) is 37.3 Å². The van der Waals surface area contributed by atoms with Crippen molar-refractivity contribution in [3.05, 3.63) is 58.1 Å². The Kier molecular flexibility index (Phi) is 5.66. The lowest BCUT2D eigenvalue weighted by atomic mass is 10.1. The molecular weight excluding hydrogens is 354 g/mol. The van der Waals surface area contributed by atoms with Crippen LogP contribution in [0.4, 0.5) is 5.82 Å². The molecule has 1 aromatic heterocycles. The van der Waals surface area contributed by atoms with Gasteiger partial charge in [0, 0.05) is 24.4 Å². The van der Waals surface area contributed by atoms with Gasteiger partial charge in [0.25, 0.3) is 5.91 Å². The summed E-state index contributed by atoms with van der Waals surface area (Å²) in [6.45, 7) is 1.27. The van der Waals surface area contributed by atoms with E-state index >= 15 is 0 Å². The summed E-state index contributed by atoms with van der Waals surface area (Å²) in [6.07, 6.45) is -2.27. The minimum atomic E-state index is -1.09. The van der Waals surface area contributed by atoms with Crippen LogP contribution in [0, 0.1) is 6.92 Å². The second-order valence-electron chi connectivity index (χ2n) is 6.22. The summed E-state index contributed by atoms with van der Waals surface area (Å²) in [5, 5.41) is 22.1. The second-order valence-corrected chi connectivity index (χ2v) is 6.22. The summed E-state index contributed by atoms with van der Waals surface area (Å²) in [5.74, 6) is -0.248. The van der Waals surface area contributed by atoms with E-state index in [9.17, 15) is 19.8 Å². The molecule has 4 unspecified atom stereocenters. The highest BCUT2D eigenvalue weighted by atomic mass is 16.6. The van der Waals surface area contributed by atoms with Gasteiger partial charge in [-0.1, -0.05) is 18.2 Å². The molecule has 3 N–H and O–H groups in total. The molecule has 9 nitrogen and oxygen atoms in total. The van der Waals surface area contributed by atoms with Crippen molar-refractivity contribution in [2.45, 2.75) is 31.5 Å². The maximum absolute atomic E-state index is 12.5. The molecule has 0 aliphatic carbocycles. The zero-order valence-corrected chi connectivity index (χ0v) is 14.9. The van der Waals surface area contributed by atoms with Crippen molar-refractivity contribution in [2.24, 2.45) is 0 Å². The van der Waals surface area contributed by atoms with Crippen molar-refractivity contribution in [1.82, 2.24) is 9.55 Å². The number of anilines is 1. The summed E-state index contributed by atoms with van der Waals surface area (Å²) in [6, 6.07) is 8.57. The number of aliphatic hydroxyl groups is 2. The molecule has 0 saturated carbocycles. The molecule has 1 fully saturated rings. The Morgan fingerprint density at radius 1 is 1.37 bits per heavy atom. The van der Waals surface area contributed by atoms with Gasteiger partial charge in [0.15, 0.2) is 6.23 Å². The largest absolute Gasteiger partial charge is 0.394 e. The van der Waals surface area contributed by atoms with Gasteiger partial charge in [-0.25, -0.2) is 4.79 Å². The molecule has 1 aromatic carbocycles. The van der Waals surface area contributed by atoms with E-state index in [1.165, 1.54) is 17.9 Å². The summed E-state index contributed by atoms with van der Waals surface area (Å²) < 4.78 is 12.0. The summed E-state index contributed by atoms with van der Waals surface area (Å²) in [7, 11) is 1.38. The van der Waals surface area contributed by atoms with E-state index in [4.69, 9.17) is 9.47 Å². The first-order valence-electron chi connectivity index (χ1n) is 8.39. The van der Waals surface area contributed by atoms with Crippen LogP contribution >= 0.6 is 0 Å². The molecule has 9 heteroatoms. The van der Waals surface area contributed by atoms with Gasteiger partial charge >= 0.3 is 5.69 Å². The number of hydrogen-bond acceptors (Lipinski definition) is 7. The number of nitrogens with one attached hydrogen (secondary N) is 1. The zero-order chi connectivity index (χ0) is 19.6. The highest BCUT2D eigenvalue weighted by Gasteiger charge is 2.45. The molecule has 0 radical (unpaired) electrons. The van der Waals surface area contributed by atoms with Crippen LogP contribution < -0.4 is 11.0 Å². The molecule has 1 saturated heterocycles. The van der Waals surface area contributed by atoms with Crippen molar-refractivity contribution < 1.29 is 24.5 Å². The van der Waals surface area contributed by atoms with Crippen LogP contribution in [0.15, 0.2) is 41.3 Å². The smallest absolute Gasteiger partial charge is 0.351 e. The molecule has 144 valence electrons. The Morgan fingerprint density at radius 2 is 2.07 bits per heavy atom. The summed E-state index contributed by atoms with van der Waals surface area (Å²) in [4.78, 5) is 28.7. The number of hydrogen-bond donors (Lipinski definition) is 3. The number of aliphatic hydroxyl groups excluding tert-OH is 2. The molecule has 1 amide bonds. The Morgan fingerprint density at radius 3 is 2.70 bits per heavy atom. The fraction of sp³-hybridized carbons (Fsp3) is 0.389. The molecule has 3 rings (SSSR count). The van der Waals surface area contributed by atoms with Crippen molar-refractivity contribution in [3.63, 3.8) is 0 Å². The van der Waals surface area contributed by atoms with Gasteiger partial charge in [-0.05, 0) is 19.1 Å². The lowest BCUT2D eigenvalue weighted by Gasteiger charge is -2.21. The Labute approximate surface area is 155 Å². The lowest BCUT2D eigenvalue weighted by molar-refractivity contribution is -0.0625. The minimum absolute atomic E-state index is 0.135. The number of methoxy groups -OCH3 is 1. The molecule has 0 spiro atoms. The molecule has 1 aliphatic rings. The van der Waals surface area contributed by atoms with Crippen LogP contribution in [0.25, 0.3) is 0 Å². The van der Waals surface area contributed by atoms with Crippen molar-refractivity contribution in [3.8, 4) is 0 Å². The van der Waals surface area contributed by atoms with Gasteiger partial charge in [0.2, 0.25) is 0 Å². The third kappa shape index (κ3) is 3.76. The third-order valence-corrected chi connectivity index (χ3v) is 4.44. The van der Waals surface area contributed by atoms with E-state index in [1.807, 2.05) is 0 Å². The van der Waals surface area contributed by atoms with Crippen LogP contribution in [0.3, 0.4) is 0 Å². The van der Waals surface area contributed by atoms with E-state index < -0.39 is 36.8 Å². The average Bonchev–Trinajstić information content (AvgIpc) is 3.00. The molecule has 1 aliphatic heterocycles. The predicted molar refractivity (Wildman–Crippen MR) is 95.4 cm³/mol. The first-order valence-corrected chi connectivity index (χ1v) is 8.39. The maximum atomic E-state index is 12.5. The number of benzene rings is 1. The zero-order valence-electron chi connectivity index (χ0n) is 14.9. The van der Waals surface area contributed by atoms with Gasteiger partial charge in [-0.3, -0.25) is 9.36 Å². The number of carbonyl (C=O) groups excluding carboxylic acids is 1. The SMILES string of the molecule is COC1C(O)C(CO)OC1n1cc(C)c(NC(=O)c2ccccc2)nc1=O. The number of ether oxygens (including phenoxy) is 2. The fourth-order valence-electron chi connectivity index (χ4n) is 2.99. The van der Waals surface area contributed by atoms with Crippen LogP contribution in [0.1, 0.15) is 22.1 Å². The third-order valence-electron chi connectivity index (χ3n) is 4.44. The van der Waals surface area contributed by atoms with Crippen LogP contribution in [-0.4, -0.2) is 57.7 Å². The number of rotatable bonds is 5. The van der Waals surface area contributed by atoms with Gasteiger partial charge in [0.05, 0.1) is 6.61 Å². The van der Waals surface area contributed by atoms with E-state index in [0.717, 1.165) is 0 Å². The monoisotopic (exact) mass is 375 g/mol. The Bertz CT molecular complexity index is 869. The number of aryl methyl sites for hydroxylation is 1. The fourth-order valence-corrected chi connectivity index (χ4v) is 2.99. The standard InChI is InChI=1S/C18H21N3O6/c1-10-8-21(17-14(26-2)13(23)12(9-22)27-17)18(25)20-15(10)19-16(24)11-6-4-3-5-7-11/h3-8,12-14,17,22-23H,9H2,1-2H3,(H,19,20,24,25). The molecular formula is C18H21N3O6. The number of aromatic nitrogens is 2. The minimum Gasteiger partial charge on any atom is -0.394 e. The van der Waals surface area contributed by atoms with E-state index in [-0.39, 0.29) is 11.7 Å². The number of carbonyl (C=O) groups is 1. The summed E-state index contributed by atoms with van der Waals surface area (Å²) >= 11 is 0. The molecule has 2 aromatic rings. The van der Waals surface area contributed by atoms with Crippen LogP contribution in [0.5, 0.6) is 0 Å². The summed E-state index contributed by atoms with van der Waals surface area (Å²) in [5.41, 5.74) is 0.288. The number of nitrogens with zero attached hydrogens (tertiary/aromatic N) is 2. The van der Waals surface area contributed by atoms with Crippen molar-refractivity contribution in [1.29, 1.82) is 0 Å². The topological polar surface area (TPSA) is 123 Å². The average molecular weight is 375 g/mol. The Balaban J connectivity index is 1.87.